The number of rotatable bonds is 0. The van der Waals surface area contributed by atoms with Crippen LogP contribution in [0.3, 0.4) is 0 Å². The molecule has 40 heavy (non-hydrogen) atoms. The first-order valence-corrected chi connectivity index (χ1v) is 13.9. The highest BCUT2D eigenvalue weighted by Crippen LogP contribution is 2.29. The Labute approximate surface area is 237 Å². The van der Waals surface area contributed by atoms with Crippen molar-refractivity contribution < 1.29 is 47.4 Å². The Morgan fingerprint density at radius 1 is 0.325 bits per heavy atom. The van der Waals surface area contributed by atoms with Crippen molar-refractivity contribution in [1.82, 2.24) is 0 Å². The Balaban J connectivity index is 1.40. The van der Waals surface area contributed by atoms with Crippen molar-refractivity contribution >= 4 is 0 Å². The van der Waals surface area contributed by atoms with Gasteiger partial charge < -0.3 is 47.4 Å². The SMILES string of the molecule is Cc1ccc2c(c1)OCCOCCOCCOCCOc1ccc(C)cc1OCCOCCOCCOCCO2. The van der Waals surface area contributed by atoms with Crippen molar-refractivity contribution in [3.8, 4) is 23.0 Å². The molecule has 224 valence electrons. The van der Waals surface area contributed by atoms with Crippen molar-refractivity contribution in [2.24, 2.45) is 0 Å². The van der Waals surface area contributed by atoms with Crippen molar-refractivity contribution in [1.29, 1.82) is 0 Å². The van der Waals surface area contributed by atoms with E-state index in [2.05, 4.69) is 0 Å². The van der Waals surface area contributed by atoms with Gasteiger partial charge in [0.05, 0.1) is 79.3 Å². The smallest absolute Gasteiger partial charge is 0.161 e. The molecular weight excluding hydrogens is 520 g/mol. The standard InChI is InChI=1S/C30H44O10/c1-25-3-5-27-29(23-25)39-21-17-35-13-9-31-8-12-34-16-20-38-28-6-4-26(2)24-30(28)40-22-18-36-14-10-32-7-11-33-15-19-37-27/h3-6,23-24H,7-22H2,1-2H3. The van der Waals surface area contributed by atoms with Crippen LogP contribution in [0.4, 0.5) is 0 Å². The molecule has 3 rings (SSSR count). The summed E-state index contributed by atoms with van der Waals surface area (Å²) in [4.78, 5) is 0. The number of aryl methyl sites for hydroxylation is 2. The first-order chi connectivity index (χ1) is 19.7. The summed E-state index contributed by atoms with van der Waals surface area (Å²) < 4.78 is 57.1. The highest BCUT2D eigenvalue weighted by Gasteiger charge is 2.08. The maximum absolute atomic E-state index is 5.89. The molecular formula is C30H44O10. The molecule has 1 aliphatic rings. The molecule has 10 nitrogen and oxygen atoms in total. The quantitative estimate of drug-likeness (QED) is 0.472. The topological polar surface area (TPSA) is 92.3 Å². The molecule has 0 fully saturated rings. The molecule has 10 heteroatoms. The average Bonchev–Trinajstić information content (AvgIpc) is 2.95. The molecule has 0 saturated heterocycles. The molecule has 0 unspecified atom stereocenters. The molecule has 0 N–H and O–H groups in total. The van der Waals surface area contributed by atoms with Crippen LogP contribution in [-0.4, -0.2) is 106 Å². The zero-order valence-electron chi connectivity index (χ0n) is 23.9. The zero-order chi connectivity index (χ0) is 28.1. The summed E-state index contributed by atoms with van der Waals surface area (Å²) in [7, 11) is 0. The minimum absolute atomic E-state index is 0.410. The van der Waals surface area contributed by atoms with E-state index in [0.717, 1.165) is 11.1 Å². The average molecular weight is 565 g/mol. The molecule has 0 saturated carbocycles. The van der Waals surface area contributed by atoms with E-state index in [1.165, 1.54) is 0 Å². The summed E-state index contributed by atoms with van der Waals surface area (Å²) >= 11 is 0. The lowest BCUT2D eigenvalue weighted by atomic mass is 10.2. The first-order valence-electron chi connectivity index (χ1n) is 13.9. The molecule has 0 amide bonds. The number of ether oxygens (including phenoxy) is 10. The number of hydrogen-bond donors (Lipinski definition) is 0. The predicted molar refractivity (Wildman–Crippen MR) is 149 cm³/mol. The molecule has 0 aliphatic carbocycles. The van der Waals surface area contributed by atoms with E-state index in [0.29, 0.717) is 129 Å². The fourth-order valence-electron chi connectivity index (χ4n) is 3.62. The van der Waals surface area contributed by atoms with E-state index in [4.69, 9.17) is 47.4 Å². The number of benzene rings is 2. The molecule has 2 aromatic carbocycles. The highest BCUT2D eigenvalue weighted by molar-refractivity contribution is 5.43. The lowest BCUT2D eigenvalue weighted by Crippen LogP contribution is -2.15. The Kier molecular flexibility index (Phi) is 16.2. The van der Waals surface area contributed by atoms with Crippen molar-refractivity contribution in [2.75, 3.05) is 106 Å². The Morgan fingerprint density at radius 3 is 0.875 bits per heavy atom. The van der Waals surface area contributed by atoms with Crippen LogP contribution in [0.25, 0.3) is 0 Å². The largest absolute Gasteiger partial charge is 0.487 e. The first kappa shape index (κ1) is 31.9. The summed E-state index contributed by atoms with van der Waals surface area (Å²) in [6, 6.07) is 11.7. The second-order valence-corrected chi connectivity index (χ2v) is 8.97. The minimum atomic E-state index is 0.410. The van der Waals surface area contributed by atoms with E-state index in [-0.39, 0.29) is 0 Å². The van der Waals surface area contributed by atoms with Gasteiger partial charge in [-0.1, -0.05) is 12.1 Å². The van der Waals surface area contributed by atoms with Crippen LogP contribution in [0.15, 0.2) is 36.4 Å². The molecule has 1 aliphatic heterocycles. The minimum Gasteiger partial charge on any atom is -0.487 e. The van der Waals surface area contributed by atoms with Gasteiger partial charge in [-0.3, -0.25) is 0 Å². The maximum atomic E-state index is 5.89. The van der Waals surface area contributed by atoms with Crippen LogP contribution in [0.1, 0.15) is 11.1 Å². The monoisotopic (exact) mass is 564 g/mol. The molecule has 1 heterocycles. The van der Waals surface area contributed by atoms with Crippen LogP contribution in [0.5, 0.6) is 23.0 Å². The predicted octanol–water partition coefficient (Wildman–Crippen LogP) is 3.63. The summed E-state index contributed by atoms with van der Waals surface area (Å²) in [5, 5.41) is 0. The van der Waals surface area contributed by atoms with Gasteiger partial charge in [-0.05, 0) is 49.2 Å². The summed E-state index contributed by atoms with van der Waals surface area (Å²) in [6.45, 7) is 11.3. The second kappa shape index (κ2) is 20.3. The number of hydrogen-bond acceptors (Lipinski definition) is 10. The third kappa shape index (κ3) is 13.6. The Hall–Kier alpha value is -2.60. The van der Waals surface area contributed by atoms with Crippen LogP contribution < -0.4 is 18.9 Å². The van der Waals surface area contributed by atoms with E-state index >= 15 is 0 Å². The Bertz CT molecular complexity index is 863. The van der Waals surface area contributed by atoms with Crippen LogP contribution >= 0.6 is 0 Å². The van der Waals surface area contributed by atoms with Crippen molar-refractivity contribution in [3.63, 3.8) is 0 Å². The molecule has 0 bridgehead atoms. The lowest BCUT2D eigenvalue weighted by Gasteiger charge is -2.14. The Morgan fingerprint density at radius 2 is 0.575 bits per heavy atom. The number of fused-ring (bicyclic) bond motifs is 2. The summed E-state index contributed by atoms with van der Waals surface area (Å²) in [5.41, 5.74) is 2.18. The summed E-state index contributed by atoms with van der Waals surface area (Å²) in [5.74, 6) is 2.73. The van der Waals surface area contributed by atoms with Crippen molar-refractivity contribution in [2.45, 2.75) is 13.8 Å². The van der Waals surface area contributed by atoms with Gasteiger partial charge in [-0.15, -0.1) is 0 Å². The normalized spacial score (nSPS) is 18.9. The van der Waals surface area contributed by atoms with Gasteiger partial charge in [0.25, 0.3) is 0 Å². The molecule has 0 atom stereocenters. The van der Waals surface area contributed by atoms with E-state index in [1.54, 1.807) is 0 Å². The van der Waals surface area contributed by atoms with Crippen LogP contribution in [0, 0.1) is 13.8 Å². The molecule has 0 aromatic heterocycles. The van der Waals surface area contributed by atoms with E-state index in [1.807, 2.05) is 50.2 Å². The van der Waals surface area contributed by atoms with E-state index in [9.17, 15) is 0 Å². The van der Waals surface area contributed by atoms with Gasteiger partial charge in [0.1, 0.15) is 26.4 Å². The fraction of sp³-hybridized carbons (Fsp3) is 0.600. The maximum Gasteiger partial charge on any atom is 0.161 e. The zero-order valence-corrected chi connectivity index (χ0v) is 23.9. The van der Waals surface area contributed by atoms with E-state index < -0.39 is 0 Å². The third-order valence-corrected chi connectivity index (χ3v) is 5.63. The lowest BCUT2D eigenvalue weighted by molar-refractivity contribution is 0.00248. The molecule has 0 spiro atoms. The highest BCUT2D eigenvalue weighted by atomic mass is 16.6. The van der Waals surface area contributed by atoms with Gasteiger partial charge in [-0.2, -0.15) is 0 Å². The van der Waals surface area contributed by atoms with Crippen LogP contribution in [0.2, 0.25) is 0 Å². The van der Waals surface area contributed by atoms with Gasteiger partial charge in [0.2, 0.25) is 0 Å². The van der Waals surface area contributed by atoms with Crippen LogP contribution in [-0.2, 0) is 28.4 Å². The van der Waals surface area contributed by atoms with Crippen molar-refractivity contribution in [3.05, 3.63) is 47.5 Å². The van der Waals surface area contributed by atoms with Gasteiger partial charge in [0.15, 0.2) is 23.0 Å². The van der Waals surface area contributed by atoms with Gasteiger partial charge in [0, 0.05) is 0 Å². The summed E-state index contributed by atoms with van der Waals surface area (Å²) in [6.07, 6.45) is 0. The van der Waals surface area contributed by atoms with Gasteiger partial charge >= 0.3 is 0 Å². The second-order valence-electron chi connectivity index (χ2n) is 8.97. The van der Waals surface area contributed by atoms with Gasteiger partial charge in [-0.25, -0.2) is 0 Å². The molecule has 2 aromatic rings. The third-order valence-electron chi connectivity index (χ3n) is 5.63. The fourth-order valence-corrected chi connectivity index (χ4v) is 3.62. The molecule has 0 radical (unpaired) electrons.